The van der Waals surface area contributed by atoms with Gasteiger partial charge in [0.05, 0.1) is 0 Å². The Balaban J connectivity index is 2.19. The topological polar surface area (TPSA) is 39.4 Å². The first kappa shape index (κ1) is 14.4. The fourth-order valence-electron chi connectivity index (χ4n) is 2.04. The van der Waals surface area contributed by atoms with Crippen molar-refractivity contribution >= 4 is 0 Å². The van der Waals surface area contributed by atoms with Crippen molar-refractivity contribution in [2.45, 2.75) is 39.7 Å². The molecule has 106 valence electrons. The molecule has 0 aliphatic carbocycles. The standard InChI is InChI=1S/C17H20O3/c1-3-4-10-16-17(15(18)11-13(2)20-16)19-12-14-8-6-5-7-9-14/h5-9,11H,3-4,10,12H2,1-2H3. The van der Waals surface area contributed by atoms with Crippen LogP contribution in [-0.4, -0.2) is 0 Å². The summed E-state index contributed by atoms with van der Waals surface area (Å²) in [6, 6.07) is 11.3. The lowest BCUT2D eigenvalue weighted by atomic mass is 10.2. The van der Waals surface area contributed by atoms with Crippen LogP contribution in [-0.2, 0) is 13.0 Å². The lowest BCUT2D eigenvalue weighted by molar-refractivity contribution is 0.280. The Hall–Kier alpha value is -2.03. The highest BCUT2D eigenvalue weighted by molar-refractivity contribution is 5.27. The van der Waals surface area contributed by atoms with Gasteiger partial charge in [-0.25, -0.2) is 0 Å². The third kappa shape index (κ3) is 3.73. The number of rotatable bonds is 6. The normalized spacial score (nSPS) is 10.5. The van der Waals surface area contributed by atoms with Crippen LogP contribution in [0, 0.1) is 6.92 Å². The predicted molar refractivity (Wildman–Crippen MR) is 79.1 cm³/mol. The molecule has 0 amide bonds. The molecule has 0 unspecified atom stereocenters. The highest BCUT2D eigenvalue weighted by atomic mass is 16.5. The number of hydrogen-bond acceptors (Lipinski definition) is 3. The minimum Gasteiger partial charge on any atom is -0.482 e. The molecular formula is C17H20O3. The molecule has 0 aliphatic rings. The molecule has 2 aromatic rings. The third-order valence-electron chi connectivity index (χ3n) is 3.08. The summed E-state index contributed by atoms with van der Waals surface area (Å²) in [6.07, 6.45) is 2.77. The van der Waals surface area contributed by atoms with Crippen LogP contribution in [0.2, 0.25) is 0 Å². The molecule has 0 saturated heterocycles. The van der Waals surface area contributed by atoms with Gasteiger partial charge in [-0.3, -0.25) is 4.79 Å². The first-order chi connectivity index (χ1) is 9.70. The minimum absolute atomic E-state index is 0.101. The fourth-order valence-corrected chi connectivity index (χ4v) is 2.04. The van der Waals surface area contributed by atoms with E-state index in [0.717, 1.165) is 24.8 Å². The van der Waals surface area contributed by atoms with Gasteiger partial charge in [0.1, 0.15) is 18.1 Å². The highest BCUT2D eigenvalue weighted by Crippen LogP contribution is 2.19. The van der Waals surface area contributed by atoms with Crippen LogP contribution in [0.3, 0.4) is 0 Å². The van der Waals surface area contributed by atoms with E-state index >= 15 is 0 Å². The molecule has 2 rings (SSSR count). The highest BCUT2D eigenvalue weighted by Gasteiger charge is 2.12. The van der Waals surface area contributed by atoms with Crippen molar-refractivity contribution < 1.29 is 9.15 Å². The maximum atomic E-state index is 12.1. The number of aryl methyl sites for hydroxylation is 2. The van der Waals surface area contributed by atoms with Crippen molar-refractivity contribution in [3.8, 4) is 5.75 Å². The van der Waals surface area contributed by atoms with Crippen LogP contribution in [0.1, 0.15) is 36.8 Å². The van der Waals surface area contributed by atoms with Gasteiger partial charge in [-0.15, -0.1) is 0 Å². The zero-order valence-corrected chi connectivity index (χ0v) is 12.0. The van der Waals surface area contributed by atoms with Crippen LogP contribution >= 0.6 is 0 Å². The molecule has 0 saturated carbocycles. The van der Waals surface area contributed by atoms with Crippen LogP contribution in [0.4, 0.5) is 0 Å². The van der Waals surface area contributed by atoms with Crippen molar-refractivity contribution in [3.63, 3.8) is 0 Å². The first-order valence-electron chi connectivity index (χ1n) is 7.01. The summed E-state index contributed by atoms with van der Waals surface area (Å²) in [7, 11) is 0. The quantitative estimate of drug-likeness (QED) is 0.801. The van der Waals surface area contributed by atoms with Crippen LogP contribution in [0.15, 0.2) is 45.6 Å². The summed E-state index contributed by atoms with van der Waals surface area (Å²) in [4.78, 5) is 12.1. The molecule has 0 aliphatic heterocycles. The Kier molecular flexibility index (Phi) is 4.99. The van der Waals surface area contributed by atoms with Crippen molar-refractivity contribution in [3.05, 3.63) is 63.7 Å². The van der Waals surface area contributed by atoms with Crippen molar-refractivity contribution in [1.82, 2.24) is 0 Å². The molecule has 1 aromatic carbocycles. The van der Waals surface area contributed by atoms with Crippen LogP contribution < -0.4 is 10.2 Å². The van der Waals surface area contributed by atoms with Crippen molar-refractivity contribution in [2.24, 2.45) is 0 Å². The third-order valence-corrected chi connectivity index (χ3v) is 3.08. The van der Waals surface area contributed by atoms with Crippen LogP contribution in [0.5, 0.6) is 5.75 Å². The smallest absolute Gasteiger partial charge is 0.227 e. The van der Waals surface area contributed by atoms with Gasteiger partial charge in [0.15, 0.2) is 0 Å². The van der Waals surface area contributed by atoms with Crippen LogP contribution in [0.25, 0.3) is 0 Å². The van der Waals surface area contributed by atoms with Gasteiger partial charge < -0.3 is 9.15 Å². The van der Waals surface area contributed by atoms with E-state index in [4.69, 9.17) is 9.15 Å². The van der Waals surface area contributed by atoms with Gasteiger partial charge in [0, 0.05) is 12.5 Å². The van der Waals surface area contributed by atoms with E-state index in [1.807, 2.05) is 30.3 Å². The largest absolute Gasteiger partial charge is 0.482 e. The van der Waals surface area contributed by atoms with Gasteiger partial charge in [-0.1, -0.05) is 43.7 Å². The van der Waals surface area contributed by atoms with E-state index in [2.05, 4.69) is 6.92 Å². The van der Waals surface area contributed by atoms with E-state index in [1.54, 1.807) is 6.92 Å². The zero-order valence-electron chi connectivity index (χ0n) is 12.0. The molecule has 1 aromatic heterocycles. The second-order valence-electron chi connectivity index (χ2n) is 4.85. The SMILES string of the molecule is CCCCc1oc(C)cc(=O)c1OCc1ccccc1. The Morgan fingerprint density at radius 1 is 1.20 bits per heavy atom. The molecule has 0 spiro atoms. The monoisotopic (exact) mass is 272 g/mol. The average Bonchev–Trinajstić information content (AvgIpc) is 2.45. The van der Waals surface area contributed by atoms with E-state index < -0.39 is 0 Å². The second-order valence-corrected chi connectivity index (χ2v) is 4.85. The molecule has 0 bridgehead atoms. The number of unbranched alkanes of at least 4 members (excludes halogenated alkanes) is 1. The van der Waals surface area contributed by atoms with Crippen molar-refractivity contribution in [1.29, 1.82) is 0 Å². The Morgan fingerprint density at radius 2 is 1.95 bits per heavy atom. The number of ether oxygens (including phenoxy) is 1. The second kappa shape index (κ2) is 6.94. The molecular weight excluding hydrogens is 252 g/mol. The molecule has 3 heteroatoms. The van der Waals surface area contributed by atoms with E-state index in [9.17, 15) is 4.79 Å². The van der Waals surface area contributed by atoms with Gasteiger partial charge in [-0.2, -0.15) is 0 Å². The molecule has 20 heavy (non-hydrogen) atoms. The molecule has 0 N–H and O–H groups in total. The van der Waals surface area contributed by atoms with E-state index in [0.29, 0.717) is 23.9 Å². The minimum atomic E-state index is -0.101. The Labute approximate surface area is 119 Å². The summed E-state index contributed by atoms with van der Waals surface area (Å²) in [5, 5.41) is 0. The molecule has 0 radical (unpaired) electrons. The van der Waals surface area contributed by atoms with Crippen molar-refractivity contribution in [2.75, 3.05) is 0 Å². The van der Waals surface area contributed by atoms with E-state index in [1.165, 1.54) is 6.07 Å². The first-order valence-corrected chi connectivity index (χ1v) is 7.01. The summed E-state index contributed by atoms with van der Waals surface area (Å²) in [5.74, 6) is 1.65. The summed E-state index contributed by atoms with van der Waals surface area (Å²) < 4.78 is 11.4. The lowest BCUT2D eigenvalue weighted by Gasteiger charge is -2.10. The fraction of sp³-hybridized carbons (Fsp3) is 0.353. The van der Waals surface area contributed by atoms with Gasteiger partial charge >= 0.3 is 0 Å². The van der Waals surface area contributed by atoms with Gasteiger partial charge in [-0.05, 0) is 18.9 Å². The summed E-state index contributed by atoms with van der Waals surface area (Å²) >= 11 is 0. The molecule has 0 atom stereocenters. The number of benzene rings is 1. The summed E-state index contributed by atoms with van der Waals surface area (Å²) in [5.41, 5.74) is 0.935. The summed E-state index contributed by atoms with van der Waals surface area (Å²) in [6.45, 7) is 4.28. The number of hydrogen-bond donors (Lipinski definition) is 0. The van der Waals surface area contributed by atoms with Gasteiger partial charge in [0.25, 0.3) is 0 Å². The Bertz CT molecular complexity index is 599. The lowest BCUT2D eigenvalue weighted by Crippen LogP contribution is -2.11. The van der Waals surface area contributed by atoms with E-state index in [-0.39, 0.29) is 5.43 Å². The molecule has 0 fully saturated rings. The molecule has 3 nitrogen and oxygen atoms in total. The maximum Gasteiger partial charge on any atom is 0.227 e. The predicted octanol–water partition coefficient (Wildman–Crippen LogP) is 3.87. The van der Waals surface area contributed by atoms with Gasteiger partial charge in [0.2, 0.25) is 11.2 Å². The maximum absolute atomic E-state index is 12.1. The molecule has 1 heterocycles. The average molecular weight is 272 g/mol. The Morgan fingerprint density at radius 3 is 2.65 bits per heavy atom. The zero-order chi connectivity index (χ0) is 14.4.